The van der Waals surface area contributed by atoms with Crippen molar-refractivity contribution in [2.75, 3.05) is 0 Å². The van der Waals surface area contributed by atoms with Crippen LogP contribution in [0.2, 0.25) is 0 Å². The molecule has 1 saturated carbocycles. The quantitative estimate of drug-likeness (QED) is 0.726. The molecule has 0 N–H and O–H groups in total. The van der Waals surface area contributed by atoms with Gasteiger partial charge in [0.1, 0.15) is 0 Å². The number of aryl methyl sites for hydroxylation is 1. The lowest BCUT2D eigenvalue weighted by Crippen LogP contribution is -2.30. The van der Waals surface area contributed by atoms with Crippen molar-refractivity contribution in [2.45, 2.75) is 50.9 Å². The molecule has 7 heteroatoms. The number of rotatable bonds is 4. The van der Waals surface area contributed by atoms with Crippen LogP contribution in [0.5, 0.6) is 0 Å². The molecule has 4 rings (SSSR count). The number of hydrogen-bond acceptors (Lipinski definition) is 7. The molecule has 3 heterocycles. The summed E-state index contributed by atoms with van der Waals surface area (Å²) in [5, 5.41) is 10.2. The van der Waals surface area contributed by atoms with Crippen LogP contribution in [0.15, 0.2) is 26.6 Å². The van der Waals surface area contributed by atoms with Crippen molar-refractivity contribution in [3.63, 3.8) is 0 Å². The fourth-order valence-corrected chi connectivity index (χ4v) is 4.32. The Kier molecular flexibility index (Phi) is 3.72. The van der Waals surface area contributed by atoms with Crippen molar-refractivity contribution >= 4 is 11.3 Å². The summed E-state index contributed by atoms with van der Waals surface area (Å²) in [6.45, 7) is 1.77. The van der Waals surface area contributed by atoms with Crippen molar-refractivity contribution in [3.8, 4) is 0 Å². The number of nitrogens with zero attached hydrogens (tertiary/aromatic N) is 4. The first-order valence-electron chi connectivity index (χ1n) is 7.92. The van der Waals surface area contributed by atoms with E-state index in [1.165, 1.54) is 24.1 Å². The van der Waals surface area contributed by atoms with Gasteiger partial charge in [0.05, 0.1) is 11.8 Å². The number of thiophene rings is 1. The molecule has 0 radical (unpaired) electrons. The molecule has 0 spiro atoms. The van der Waals surface area contributed by atoms with Crippen molar-refractivity contribution in [3.05, 3.63) is 45.8 Å². The van der Waals surface area contributed by atoms with Crippen LogP contribution >= 0.6 is 11.3 Å². The summed E-state index contributed by atoms with van der Waals surface area (Å²) in [6.07, 6.45) is 6.23. The van der Waals surface area contributed by atoms with E-state index in [0.717, 1.165) is 18.7 Å². The first-order valence-corrected chi connectivity index (χ1v) is 8.80. The van der Waals surface area contributed by atoms with Gasteiger partial charge in [0, 0.05) is 11.8 Å². The van der Waals surface area contributed by atoms with Gasteiger partial charge >= 0.3 is 0 Å². The Bertz CT molecular complexity index is 772. The molecule has 0 unspecified atom stereocenters. The van der Waals surface area contributed by atoms with Gasteiger partial charge in [-0.25, -0.2) is 0 Å². The van der Waals surface area contributed by atoms with Gasteiger partial charge in [-0.15, -0.1) is 11.3 Å². The van der Waals surface area contributed by atoms with Crippen LogP contribution in [0.3, 0.4) is 0 Å². The van der Waals surface area contributed by atoms with Gasteiger partial charge in [0.25, 0.3) is 0 Å². The third-order valence-electron chi connectivity index (χ3n) is 4.46. The van der Waals surface area contributed by atoms with Crippen LogP contribution in [0.4, 0.5) is 0 Å². The fourth-order valence-electron chi connectivity index (χ4n) is 3.35. The summed E-state index contributed by atoms with van der Waals surface area (Å²) >= 11 is 1.77. The summed E-state index contributed by atoms with van der Waals surface area (Å²) in [5.74, 6) is 2.48. The third-order valence-corrected chi connectivity index (χ3v) is 5.54. The zero-order valence-corrected chi connectivity index (χ0v) is 13.8. The summed E-state index contributed by atoms with van der Waals surface area (Å²) < 4.78 is 10.7. The molecule has 0 aromatic carbocycles. The number of hydrogen-bond donors (Lipinski definition) is 0. The van der Waals surface area contributed by atoms with Crippen molar-refractivity contribution in [1.29, 1.82) is 0 Å². The second-order valence-electron chi connectivity index (χ2n) is 6.04. The van der Waals surface area contributed by atoms with Crippen LogP contribution < -0.4 is 0 Å². The van der Waals surface area contributed by atoms with Gasteiger partial charge in [0.15, 0.2) is 11.6 Å². The van der Waals surface area contributed by atoms with E-state index in [-0.39, 0.29) is 5.41 Å². The predicted octanol–water partition coefficient (Wildman–Crippen LogP) is 3.66. The van der Waals surface area contributed by atoms with Crippen molar-refractivity contribution in [1.82, 2.24) is 20.3 Å². The van der Waals surface area contributed by atoms with Gasteiger partial charge in [-0.1, -0.05) is 35.6 Å². The molecule has 3 aromatic rings. The standard InChI is InChI=1S/C16H18N4O2S/c1-11-17-13(19-21-11)10-14-18-15(22-20-14)16(7-3-2-4-8-16)12-6-5-9-23-12/h5-6,9H,2-4,7-8,10H2,1H3. The van der Waals surface area contributed by atoms with Crippen molar-refractivity contribution < 1.29 is 9.05 Å². The molecular formula is C16H18N4O2S. The average molecular weight is 330 g/mol. The van der Waals surface area contributed by atoms with Crippen LogP contribution in [-0.4, -0.2) is 20.3 Å². The van der Waals surface area contributed by atoms with Crippen LogP contribution in [0, 0.1) is 6.92 Å². The van der Waals surface area contributed by atoms with Crippen molar-refractivity contribution in [2.24, 2.45) is 0 Å². The Morgan fingerprint density at radius 1 is 1.09 bits per heavy atom. The Hall–Kier alpha value is -2.02. The maximum absolute atomic E-state index is 5.67. The molecule has 0 saturated heterocycles. The van der Waals surface area contributed by atoms with Crippen LogP contribution in [-0.2, 0) is 11.8 Å². The summed E-state index contributed by atoms with van der Waals surface area (Å²) in [7, 11) is 0. The Labute approximate surface area is 137 Å². The monoisotopic (exact) mass is 330 g/mol. The zero-order valence-electron chi connectivity index (χ0n) is 13.0. The minimum Gasteiger partial charge on any atom is -0.340 e. The molecule has 0 bridgehead atoms. The zero-order chi connectivity index (χ0) is 15.7. The molecule has 0 aliphatic heterocycles. The first kappa shape index (κ1) is 14.6. The third kappa shape index (κ3) is 2.69. The second-order valence-corrected chi connectivity index (χ2v) is 6.99. The highest BCUT2D eigenvalue weighted by atomic mass is 32.1. The molecule has 0 amide bonds. The normalized spacial score (nSPS) is 17.4. The molecule has 1 aliphatic rings. The summed E-state index contributed by atoms with van der Waals surface area (Å²) in [4.78, 5) is 10.2. The van der Waals surface area contributed by atoms with E-state index in [4.69, 9.17) is 9.05 Å². The van der Waals surface area contributed by atoms with E-state index in [9.17, 15) is 0 Å². The molecular weight excluding hydrogens is 312 g/mol. The van der Waals surface area contributed by atoms with E-state index < -0.39 is 0 Å². The molecule has 120 valence electrons. The molecule has 6 nitrogen and oxygen atoms in total. The van der Waals surface area contributed by atoms with E-state index in [1.807, 2.05) is 0 Å². The maximum atomic E-state index is 5.67. The fraction of sp³-hybridized carbons (Fsp3) is 0.500. The van der Waals surface area contributed by atoms with E-state index in [1.54, 1.807) is 18.3 Å². The van der Waals surface area contributed by atoms with Gasteiger partial charge < -0.3 is 9.05 Å². The summed E-state index contributed by atoms with van der Waals surface area (Å²) in [5.41, 5.74) is -0.120. The smallest absolute Gasteiger partial charge is 0.238 e. The molecule has 3 aromatic heterocycles. The highest BCUT2D eigenvalue weighted by Crippen LogP contribution is 2.45. The second kappa shape index (κ2) is 5.88. The Morgan fingerprint density at radius 2 is 1.87 bits per heavy atom. The Balaban J connectivity index is 1.65. The number of aromatic nitrogens is 4. The Morgan fingerprint density at radius 3 is 2.57 bits per heavy atom. The van der Waals surface area contributed by atoms with E-state index in [0.29, 0.717) is 24.0 Å². The van der Waals surface area contributed by atoms with E-state index in [2.05, 4.69) is 37.8 Å². The molecule has 1 aliphatic carbocycles. The lowest BCUT2D eigenvalue weighted by molar-refractivity contribution is 0.254. The lowest BCUT2D eigenvalue weighted by atomic mass is 9.73. The van der Waals surface area contributed by atoms with E-state index >= 15 is 0 Å². The lowest BCUT2D eigenvalue weighted by Gasteiger charge is -2.32. The highest BCUT2D eigenvalue weighted by molar-refractivity contribution is 7.10. The largest absolute Gasteiger partial charge is 0.340 e. The summed E-state index contributed by atoms with van der Waals surface area (Å²) in [6, 6.07) is 4.28. The molecule has 0 atom stereocenters. The van der Waals surface area contributed by atoms with Gasteiger partial charge in [-0.2, -0.15) is 9.97 Å². The molecule has 1 fully saturated rings. The van der Waals surface area contributed by atoms with Crippen LogP contribution in [0.25, 0.3) is 0 Å². The highest BCUT2D eigenvalue weighted by Gasteiger charge is 2.41. The van der Waals surface area contributed by atoms with Crippen LogP contribution in [0.1, 0.15) is 60.4 Å². The van der Waals surface area contributed by atoms with Gasteiger partial charge in [0.2, 0.25) is 11.8 Å². The minimum absolute atomic E-state index is 0.120. The average Bonchev–Trinajstić information content (AvgIpc) is 3.30. The predicted molar refractivity (Wildman–Crippen MR) is 84.3 cm³/mol. The SMILES string of the molecule is Cc1nc(Cc2noc(C3(c4cccs4)CCCCC3)n2)no1. The topological polar surface area (TPSA) is 77.8 Å². The minimum atomic E-state index is -0.120. The van der Waals surface area contributed by atoms with Gasteiger partial charge in [-0.05, 0) is 24.3 Å². The first-order chi connectivity index (χ1) is 11.3. The van der Waals surface area contributed by atoms with Gasteiger partial charge in [-0.3, -0.25) is 0 Å². The maximum Gasteiger partial charge on any atom is 0.238 e. The molecule has 23 heavy (non-hydrogen) atoms.